The molecule has 2 rings (SSSR count). The molecular weight excluding hydrogens is 370 g/mol. The second-order valence-corrected chi connectivity index (χ2v) is 7.89. The van der Waals surface area contributed by atoms with Crippen molar-refractivity contribution in [2.75, 3.05) is 26.7 Å². The number of halogens is 2. The third-order valence-corrected chi connectivity index (χ3v) is 4.54. The Bertz CT molecular complexity index is 711. The number of nitrogens with one attached hydrogen (secondary N) is 1. The summed E-state index contributed by atoms with van der Waals surface area (Å²) in [5, 5.41) is 2.26. The van der Waals surface area contributed by atoms with Crippen LogP contribution in [0.15, 0.2) is 12.1 Å². The van der Waals surface area contributed by atoms with E-state index < -0.39 is 23.1 Å². The van der Waals surface area contributed by atoms with Crippen molar-refractivity contribution in [2.24, 2.45) is 5.92 Å². The van der Waals surface area contributed by atoms with Crippen LogP contribution in [0.3, 0.4) is 0 Å². The molecule has 156 valence electrons. The molecule has 8 heteroatoms. The minimum atomic E-state index is -0.832. The average molecular weight is 398 g/mol. The molecule has 1 aliphatic rings. The Morgan fingerprint density at radius 2 is 1.82 bits per heavy atom. The summed E-state index contributed by atoms with van der Waals surface area (Å²) in [5.74, 6) is -2.19. The van der Waals surface area contributed by atoms with E-state index in [0.717, 1.165) is 25.0 Å². The van der Waals surface area contributed by atoms with E-state index in [1.165, 1.54) is 7.05 Å². The monoisotopic (exact) mass is 398 g/mol. The molecule has 0 aliphatic carbocycles. The Morgan fingerprint density at radius 3 is 2.39 bits per heavy atom. The van der Waals surface area contributed by atoms with Crippen molar-refractivity contribution >= 4 is 12.0 Å². The molecule has 1 aromatic rings. The topological polar surface area (TPSA) is 67.9 Å². The molecule has 1 N–H and O–H groups in total. The van der Waals surface area contributed by atoms with Gasteiger partial charge in [0.25, 0.3) is 5.91 Å². The molecule has 1 saturated heterocycles. The fourth-order valence-corrected chi connectivity index (χ4v) is 3.01. The summed E-state index contributed by atoms with van der Waals surface area (Å²) in [7, 11) is 1.35. The first kappa shape index (κ1) is 21.9. The van der Waals surface area contributed by atoms with Gasteiger partial charge in [-0.25, -0.2) is 13.6 Å². The van der Waals surface area contributed by atoms with Crippen LogP contribution in [-0.4, -0.2) is 49.2 Å². The van der Waals surface area contributed by atoms with Crippen molar-refractivity contribution in [3.63, 3.8) is 0 Å². The van der Waals surface area contributed by atoms with Crippen LogP contribution in [-0.2, 0) is 4.74 Å². The van der Waals surface area contributed by atoms with Gasteiger partial charge in [-0.3, -0.25) is 4.79 Å². The van der Waals surface area contributed by atoms with E-state index in [-0.39, 0.29) is 24.0 Å². The van der Waals surface area contributed by atoms with Gasteiger partial charge in [0, 0.05) is 26.2 Å². The fourth-order valence-electron chi connectivity index (χ4n) is 3.01. The van der Waals surface area contributed by atoms with Crippen LogP contribution in [0.4, 0.5) is 13.6 Å². The molecule has 1 heterocycles. The highest BCUT2D eigenvalue weighted by Gasteiger charge is 2.27. The van der Waals surface area contributed by atoms with E-state index >= 15 is 0 Å². The number of benzene rings is 1. The zero-order chi connectivity index (χ0) is 20.9. The van der Waals surface area contributed by atoms with Crippen LogP contribution in [0, 0.1) is 17.6 Å². The Labute approximate surface area is 164 Å². The summed E-state index contributed by atoms with van der Waals surface area (Å²) in [6, 6.07) is 1.73. The average Bonchev–Trinajstić information content (AvgIpc) is 2.62. The standard InChI is InChI=1S/C20H28F2N2O4/c1-20(2,3)28-19(26)24-8-5-13(6-9-24)7-10-27-17-12-15(21)14(11-16(17)22)18(25)23-4/h11-13H,5-10H2,1-4H3,(H,23,25). The summed E-state index contributed by atoms with van der Waals surface area (Å²) < 4.78 is 38.7. The third-order valence-electron chi connectivity index (χ3n) is 4.54. The van der Waals surface area contributed by atoms with Gasteiger partial charge in [0.1, 0.15) is 11.4 Å². The molecule has 1 aromatic carbocycles. The lowest BCUT2D eigenvalue weighted by Crippen LogP contribution is -2.41. The molecule has 0 bridgehead atoms. The molecule has 1 fully saturated rings. The predicted molar refractivity (Wildman–Crippen MR) is 100 cm³/mol. The number of carbonyl (C=O) groups excluding carboxylic acids is 2. The first-order valence-corrected chi connectivity index (χ1v) is 9.42. The van der Waals surface area contributed by atoms with E-state index in [9.17, 15) is 18.4 Å². The number of nitrogens with zero attached hydrogens (tertiary/aromatic N) is 1. The number of rotatable bonds is 5. The highest BCUT2D eigenvalue weighted by atomic mass is 19.1. The number of hydrogen-bond donors (Lipinski definition) is 1. The number of piperidine rings is 1. The Balaban J connectivity index is 1.80. The summed E-state index contributed by atoms with van der Waals surface area (Å²) in [4.78, 5) is 25.2. The smallest absolute Gasteiger partial charge is 0.410 e. The zero-order valence-electron chi connectivity index (χ0n) is 16.8. The van der Waals surface area contributed by atoms with Gasteiger partial charge in [-0.2, -0.15) is 0 Å². The van der Waals surface area contributed by atoms with Crippen molar-refractivity contribution in [1.82, 2.24) is 10.2 Å². The van der Waals surface area contributed by atoms with E-state index in [1.54, 1.807) is 4.90 Å². The van der Waals surface area contributed by atoms with E-state index in [0.29, 0.717) is 25.4 Å². The molecule has 1 aliphatic heterocycles. The maximum absolute atomic E-state index is 14.0. The second kappa shape index (κ2) is 9.21. The molecule has 0 spiro atoms. The molecule has 6 nitrogen and oxygen atoms in total. The third kappa shape index (κ3) is 6.07. The summed E-state index contributed by atoms with van der Waals surface area (Å²) in [5.41, 5.74) is -0.879. The first-order valence-electron chi connectivity index (χ1n) is 9.42. The van der Waals surface area contributed by atoms with Crippen molar-refractivity contribution in [2.45, 2.75) is 45.6 Å². The Morgan fingerprint density at radius 1 is 1.18 bits per heavy atom. The van der Waals surface area contributed by atoms with Gasteiger partial charge in [-0.1, -0.05) is 0 Å². The number of amides is 2. The Kier molecular flexibility index (Phi) is 7.21. The van der Waals surface area contributed by atoms with E-state index in [1.807, 2.05) is 20.8 Å². The maximum atomic E-state index is 14.0. The number of likely N-dealkylation sites (tertiary alicyclic amines) is 1. The zero-order valence-corrected chi connectivity index (χ0v) is 16.8. The van der Waals surface area contributed by atoms with E-state index in [2.05, 4.69) is 5.32 Å². The number of carbonyl (C=O) groups is 2. The lowest BCUT2D eigenvalue weighted by molar-refractivity contribution is 0.0177. The summed E-state index contributed by atoms with van der Waals surface area (Å²) in [6.45, 7) is 6.92. The van der Waals surface area contributed by atoms with Gasteiger partial charge in [0.05, 0.1) is 12.2 Å². The van der Waals surface area contributed by atoms with Crippen molar-refractivity contribution < 1.29 is 27.8 Å². The highest BCUT2D eigenvalue weighted by Crippen LogP contribution is 2.25. The van der Waals surface area contributed by atoms with Gasteiger partial charge in [-0.05, 0) is 52.0 Å². The van der Waals surface area contributed by atoms with Gasteiger partial charge in [-0.15, -0.1) is 0 Å². The van der Waals surface area contributed by atoms with Gasteiger partial charge in [0.15, 0.2) is 11.6 Å². The summed E-state index contributed by atoms with van der Waals surface area (Å²) >= 11 is 0. The predicted octanol–water partition coefficient (Wildman–Crippen LogP) is 3.74. The maximum Gasteiger partial charge on any atom is 0.410 e. The molecule has 2 amide bonds. The van der Waals surface area contributed by atoms with Crippen LogP contribution in [0.5, 0.6) is 5.75 Å². The first-order chi connectivity index (χ1) is 13.1. The number of ether oxygens (including phenoxy) is 2. The van der Waals surface area contributed by atoms with Crippen LogP contribution in [0.2, 0.25) is 0 Å². The minimum Gasteiger partial charge on any atom is -0.490 e. The fraction of sp³-hybridized carbons (Fsp3) is 0.600. The lowest BCUT2D eigenvalue weighted by atomic mass is 9.94. The molecule has 0 saturated carbocycles. The summed E-state index contributed by atoms with van der Waals surface area (Å²) in [6.07, 6.45) is 1.96. The van der Waals surface area contributed by atoms with Gasteiger partial charge >= 0.3 is 6.09 Å². The van der Waals surface area contributed by atoms with Gasteiger partial charge < -0.3 is 19.7 Å². The van der Waals surface area contributed by atoms with Crippen LogP contribution in [0.25, 0.3) is 0 Å². The van der Waals surface area contributed by atoms with Crippen LogP contribution < -0.4 is 10.1 Å². The number of hydrogen-bond acceptors (Lipinski definition) is 4. The molecule has 28 heavy (non-hydrogen) atoms. The lowest BCUT2D eigenvalue weighted by Gasteiger charge is -2.33. The molecule has 0 aromatic heterocycles. The van der Waals surface area contributed by atoms with Crippen molar-refractivity contribution in [3.05, 3.63) is 29.3 Å². The largest absolute Gasteiger partial charge is 0.490 e. The second-order valence-electron chi connectivity index (χ2n) is 7.89. The molecule has 0 atom stereocenters. The van der Waals surface area contributed by atoms with Crippen molar-refractivity contribution in [3.8, 4) is 5.75 Å². The Hall–Kier alpha value is -2.38. The molecular formula is C20H28F2N2O4. The van der Waals surface area contributed by atoms with Crippen molar-refractivity contribution in [1.29, 1.82) is 0 Å². The normalized spacial score (nSPS) is 15.3. The van der Waals surface area contributed by atoms with Crippen LogP contribution >= 0.6 is 0 Å². The molecule has 0 radical (unpaired) electrons. The van der Waals surface area contributed by atoms with Crippen LogP contribution in [0.1, 0.15) is 50.4 Å². The van der Waals surface area contributed by atoms with E-state index in [4.69, 9.17) is 9.47 Å². The minimum absolute atomic E-state index is 0.212. The highest BCUT2D eigenvalue weighted by molar-refractivity contribution is 5.94. The SMILES string of the molecule is CNC(=O)c1cc(F)c(OCCC2CCN(C(=O)OC(C)(C)C)CC2)cc1F. The quantitative estimate of drug-likeness (QED) is 0.821. The molecule has 0 unspecified atom stereocenters. The van der Waals surface area contributed by atoms with Gasteiger partial charge in [0.2, 0.25) is 0 Å².